The first-order valence-electron chi connectivity index (χ1n) is 10.2. The van der Waals surface area contributed by atoms with Crippen molar-refractivity contribution >= 4 is 10.9 Å². The van der Waals surface area contributed by atoms with Gasteiger partial charge in [0.2, 0.25) is 0 Å². The van der Waals surface area contributed by atoms with Crippen LogP contribution in [0.4, 0.5) is 0 Å². The van der Waals surface area contributed by atoms with Crippen molar-refractivity contribution < 1.29 is 14.9 Å². The van der Waals surface area contributed by atoms with Gasteiger partial charge in [-0.15, -0.1) is 0 Å². The molecule has 2 atom stereocenters. The Kier molecular flexibility index (Phi) is 3.89. The van der Waals surface area contributed by atoms with Gasteiger partial charge in [-0.25, -0.2) is 4.98 Å². The standard InChI is InChI=1S/C24H26N2O4/c1-10-7-17-18(12(3)11(10)2)13(4)15-8-26-21(20(15)25-17)14(5)19-16(22(26)27)9-30-23(28)24(19,6)29/h7,23,28-29H,8-9H2,1-6H3/t23?,24-/m0/s1. The molecule has 4 heterocycles. The van der Waals surface area contributed by atoms with E-state index in [0.717, 1.165) is 39.0 Å². The van der Waals surface area contributed by atoms with Crippen LogP contribution in [0.25, 0.3) is 22.3 Å². The van der Waals surface area contributed by atoms with Crippen molar-refractivity contribution in [2.24, 2.45) is 0 Å². The van der Waals surface area contributed by atoms with Crippen LogP contribution in [0.5, 0.6) is 0 Å². The number of ether oxygens (including phenoxy) is 1. The van der Waals surface area contributed by atoms with Crippen LogP contribution in [-0.2, 0) is 23.5 Å². The Morgan fingerprint density at radius 1 is 1.10 bits per heavy atom. The van der Waals surface area contributed by atoms with Gasteiger partial charge < -0.3 is 19.5 Å². The van der Waals surface area contributed by atoms with Gasteiger partial charge in [-0.05, 0) is 75.4 Å². The number of aromatic nitrogens is 2. The number of aliphatic hydroxyl groups is 2. The van der Waals surface area contributed by atoms with E-state index in [1.54, 1.807) is 4.57 Å². The minimum Gasteiger partial charge on any atom is -0.380 e. The topological polar surface area (TPSA) is 84.6 Å². The van der Waals surface area contributed by atoms with Gasteiger partial charge in [0.15, 0.2) is 6.29 Å². The van der Waals surface area contributed by atoms with Crippen LogP contribution in [0.3, 0.4) is 0 Å². The second-order valence-corrected chi connectivity index (χ2v) is 8.93. The van der Waals surface area contributed by atoms with E-state index in [4.69, 9.17) is 9.72 Å². The fraction of sp³-hybridized carbons (Fsp3) is 0.417. The molecular formula is C24H26N2O4. The van der Waals surface area contributed by atoms with Gasteiger partial charge in [-0.3, -0.25) is 4.79 Å². The van der Waals surface area contributed by atoms with Gasteiger partial charge in [-0.2, -0.15) is 0 Å². The van der Waals surface area contributed by atoms with Crippen LogP contribution < -0.4 is 5.56 Å². The number of hydrogen-bond donors (Lipinski definition) is 2. The van der Waals surface area contributed by atoms with E-state index in [0.29, 0.717) is 17.7 Å². The summed E-state index contributed by atoms with van der Waals surface area (Å²) in [5, 5.41) is 22.3. The van der Waals surface area contributed by atoms with Gasteiger partial charge in [0.05, 0.1) is 30.1 Å². The van der Waals surface area contributed by atoms with E-state index in [1.807, 2.05) is 6.92 Å². The number of fused-ring (bicyclic) bond motifs is 5. The molecule has 6 nitrogen and oxygen atoms in total. The summed E-state index contributed by atoms with van der Waals surface area (Å²) in [7, 11) is 0. The zero-order valence-electron chi connectivity index (χ0n) is 18.2. The van der Waals surface area contributed by atoms with Crippen molar-refractivity contribution in [1.29, 1.82) is 0 Å². The van der Waals surface area contributed by atoms with E-state index in [9.17, 15) is 15.0 Å². The summed E-state index contributed by atoms with van der Waals surface area (Å²) in [5.74, 6) is 0. The van der Waals surface area contributed by atoms with Crippen LogP contribution in [0.1, 0.15) is 51.4 Å². The summed E-state index contributed by atoms with van der Waals surface area (Å²) < 4.78 is 7.04. The number of pyridine rings is 2. The maximum absolute atomic E-state index is 13.4. The fourth-order valence-corrected chi connectivity index (χ4v) is 5.33. The second-order valence-electron chi connectivity index (χ2n) is 8.93. The molecular weight excluding hydrogens is 380 g/mol. The van der Waals surface area contributed by atoms with Gasteiger partial charge in [0, 0.05) is 22.1 Å². The Labute approximate surface area is 174 Å². The van der Waals surface area contributed by atoms with Crippen LogP contribution >= 0.6 is 0 Å². The highest BCUT2D eigenvalue weighted by Gasteiger charge is 2.44. The lowest BCUT2D eigenvalue weighted by atomic mass is 9.85. The van der Waals surface area contributed by atoms with E-state index >= 15 is 0 Å². The monoisotopic (exact) mass is 406 g/mol. The quantitative estimate of drug-likeness (QED) is 0.469. The maximum Gasteiger partial charge on any atom is 0.257 e. The van der Waals surface area contributed by atoms with Crippen molar-refractivity contribution in [2.45, 2.75) is 66.6 Å². The molecule has 5 rings (SSSR count). The Balaban J connectivity index is 1.89. The molecule has 3 aromatic rings. The van der Waals surface area contributed by atoms with Gasteiger partial charge in [-0.1, -0.05) is 0 Å². The minimum absolute atomic E-state index is 0.0190. The molecule has 0 spiro atoms. The van der Waals surface area contributed by atoms with E-state index in [2.05, 4.69) is 33.8 Å². The highest BCUT2D eigenvalue weighted by Crippen LogP contribution is 2.43. The molecule has 1 unspecified atom stereocenters. The third-order valence-electron chi connectivity index (χ3n) is 7.20. The lowest BCUT2D eigenvalue weighted by Crippen LogP contribution is -2.46. The number of nitrogens with zero attached hydrogens (tertiary/aromatic N) is 2. The summed E-state index contributed by atoms with van der Waals surface area (Å²) >= 11 is 0. The number of hydrogen-bond acceptors (Lipinski definition) is 5. The predicted octanol–water partition coefficient (Wildman–Crippen LogP) is 3.02. The Morgan fingerprint density at radius 3 is 2.50 bits per heavy atom. The Bertz CT molecular complexity index is 1330. The van der Waals surface area contributed by atoms with E-state index in [-0.39, 0.29) is 12.2 Å². The normalized spacial score (nSPS) is 22.2. The lowest BCUT2D eigenvalue weighted by molar-refractivity contribution is -0.228. The zero-order chi connectivity index (χ0) is 21.7. The second kappa shape index (κ2) is 6.00. The molecule has 2 aromatic heterocycles. The lowest BCUT2D eigenvalue weighted by Gasteiger charge is -2.37. The van der Waals surface area contributed by atoms with Crippen LogP contribution in [-0.4, -0.2) is 26.1 Å². The van der Waals surface area contributed by atoms with Crippen molar-refractivity contribution in [3.05, 3.63) is 60.9 Å². The number of benzene rings is 1. The molecule has 156 valence electrons. The number of aryl methyl sites for hydroxylation is 3. The molecule has 6 heteroatoms. The summed E-state index contributed by atoms with van der Waals surface area (Å²) in [6, 6.07) is 2.10. The summed E-state index contributed by atoms with van der Waals surface area (Å²) in [5.41, 5.74) is 8.05. The van der Waals surface area contributed by atoms with E-state index < -0.39 is 11.9 Å². The average molecular weight is 406 g/mol. The summed E-state index contributed by atoms with van der Waals surface area (Å²) in [4.78, 5) is 18.4. The summed E-state index contributed by atoms with van der Waals surface area (Å²) in [6.45, 7) is 12.2. The Morgan fingerprint density at radius 2 is 1.80 bits per heavy atom. The smallest absolute Gasteiger partial charge is 0.257 e. The predicted molar refractivity (Wildman–Crippen MR) is 115 cm³/mol. The van der Waals surface area contributed by atoms with Crippen LogP contribution in [0.2, 0.25) is 0 Å². The van der Waals surface area contributed by atoms with Gasteiger partial charge >= 0.3 is 0 Å². The largest absolute Gasteiger partial charge is 0.380 e. The SMILES string of the molecule is Cc1cc2nc3c(c(C)c2c(C)c1C)Cn1c-3c(C)c2c(c1=O)COC(O)[C@@]2(C)O. The molecule has 0 saturated carbocycles. The fourth-order valence-electron chi connectivity index (χ4n) is 5.33. The highest BCUT2D eigenvalue weighted by atomic mass is 16.6. The van der Waals surface area contributed by atoms with Crippen LogP contribution in [0, 0.1) is 34.6 Å². The Hall–Kier alpha value is -2.54. The highest BCUT2D eigenvalue weighted by molar-refractivity contribution is 5.92. The van der Waals surface area contributed by atoms with Crippen molar-refractivity contribution in [3.8, 4) is 11.4 Å². The first kappa shape index (κ1) is 19.4. The molecule has 0 saturated heterocycles. The van der Waals surface area contributed by atoms with Gasteiger partial charge in [0.1, 0.15) is 5.60 Å². The van der Waals surface area contributed by atoms with Crippen molar-refractivity contribution in [2.75, 3.05) is 0 Å². The maximum atomic E-state index is 13.4. The van der Waals surface area contributed by atoms with Gasteiger partial charge in [0.25, 0.3) is 5.56 Å². The molecule has 0 amide bonds. The average Bonchev–Trinajstić information content (AvgIpc) is 3.06. The first-order chi connectivity index (χ1) is 14.1. The van der Waals surface area contributed by atoms with Crippen molar-refractivity contribution in [1.82, 2.24) is 9.55 Å². The van der Waals surface area contributed by atoms with Crippen LogP contribution in [0.15, 0.2) is 10.9 Å². The molecule has 0 radical (unpaired) electrons. The number of rotatable bonds is 0. The molecule has 2 aliphatic heterocycles. The summed E-state index contributed by atoms with van der Waals surface area (Å²) in [6.07, 6.45) is -1.38. The third-order valence-corrected chi connectivity index (χ3v) is 7.20. The molecule has 0 bridgehead atoms. The number of aliphatic hydroxyl groups excluding tert-OH is 1. The molecule has 0 fully saturated rings. The van der Waals surface area contributed by atoms with E-state index in [1.165, 1.54) is 23.6 Å². The first-order valence-corrected chi connectivity index (χ1v) is 10.2. The third kappa shape index (κ3) is 2.24. The molecule has 2 aliphatic rings. The molecule has 1 aromatic carbocycles. The minimum atomic E-state index is -1.66. The van der Waals surface area contributed by atoms with Crippen molar-refractivity contribution in [3.63, 3.8) is 0 Å². The molecule has 30 heavy (non-hydrogen) atoms. The zero-order valence-corrected chi connectivity index (χ0v) is 18.2. The molecule has 2 N–H and O–H groups in total. The molecule has 0 aliphatic carbocycles.